The second kappa shape index (κ2) is 3.67. The van der Waals surface area contributed by atoms with E-state index in [0.717, 1.165) is 0 Å². The average Bonchev–Trinajstić information content (AvgIpc) is 1.80. The van der Waals surface area contributed by atoms with E-state index in [1.165, 1.54) is 6.92 Å². The molecule has 11 heavy (non-hydrogen) atoms. The Balaban J connectivity index is 4.49. The van der Waals surface area contributed by atoms with Gasteiger partial charge in [0.05, 0.1) is 0 Å². The number of aliphatic carboxylic acids is 1. The maximum Gasteiger partial charge on any atom is 0.342 e. The van der Waals surface area contributed by atoms with Gasteiger partial charge < -0.3 is 5.11 Å². The summed E-state index contributed by atoms with van der Waals surface area (Å²) in [6.45, 7) is 1.46. The van der Waals surface area contributed by atoms with Crippen LogP contribution in [-0.2, 0) is 4.79 Å². The quantitative estimate of drug-likeness (QED) is 0.540. The predicted octanol–water partition coefficient (Wildman–Crippen LogP) is 2.24. The molecule has 0 aliphatic rings. The molecule has 0 aromatic rings. The van der Waals surface area contributed by atoms with Gasteiger partial charge in [-0.1, -0.05) is 6.92 Å². The second-order valence-corrected chi connectivity index (χ2v) is 2.37. The fourth-order valence-corrected chi connectivity index (χ4v) is 0.644. The highest BCUT2D eigenvalue weighted by molar-refractivity contribution is 6.23. The van der Waals surface area contributed by atoms with E-state index in [2.05, 4.69) is 11.6 Å². The van der Waals surface area contributed by atoms with Crippen LogP contribution in [0.25, 0.3) is 0 Å². The van der Waals surface area contributed by atoms with Crippen molar-refractivity contribution in [1.82, 2.24) is 0 Å². The van der Waals surface area contributed by atoms with E-state index in [1.54, 1.807) is 0 Å². The highest BCUT2D eigenvalue weighted by Gasteiger charge is 2.23. The van der Waals surface area contributed by atoms with Crippen molar-refractivity contribution in [3.8, 4) is 0 Å². The van der Waals surface area contributed by atoms with Gasteiger partial charge in [0.1, 0.15) is 0 Å². The minimum Gasteiger partial charge on any atom is -0.478 e. The van der Waals surface area contributed by atoms with Gasteiger partial charge in [-0.25, -0.2) is 4.79 Å². The first-order chi connectivity index (χ1) is 4.87. The van der Waals surface area contributed by atoms with Crippen LogP contribution in [0.2, 0.25) is 0 Å². The van der Waals surface area contributed by atoms with Crippen molar-refractivity contribution >= 4 is 17.6 Å². The molecule has 0 unspecified atom stereocenters. The van der Waals surface area contributed by atoms with Crippen LogP contribution in [0.4, 0.5) is 8.78 Å². The fraction of sp³-hybridized carbons (Fsp3) is 0.500. The molecule has 0 heterocycles. The molecule has 0 aliphatic heterocycles. The molecule has 0 aliphatic carbocycles. The molecule has 1 N–H and O–H groups in total. The van der Waals surface area contributed by atoms with Crippen molar-refractivity contribution in [2.45, 2.75) is 18.7 Å². The lowest BCUT2D eigenvalue weighted by molar-refractivity contribution is -0.132. The first-order valence-corrected chi connectivity index (χ1v) is 3.26. The molecule has 0 saturated carbocycles. The Morgan fingerprint density at radius 2 is 2.18 bits per heavy atom. The minimum atomic E-state index is -3.57. The maximum atomic E-state index is 11.9. The molecule has 0 aromatic carbocycles. The van der Waals surface area contributed by atoms with Crippen LogP contribution in [0, 0.1) is 0 Å². The Morgan fingerprint density at radius 1 is 1.73 bits per heavy atom. The summed E-state index contributed by atoms with van der Waals surface area (Å²) < 4.78 is 23.9. The average molecular weight is 185 g/mol. The number of allylic oxidation sites excluding steroid dienone is 1. The van der Waals surface area contributed by atoms with Gasteiger partial charge in [-0.2, -0.15) is 8.78 Å². The summed E-state index contributed by atoms with van der Waals surface area (Å²) >= 11 is 4.48. The number of carboxylic acids is 1. The van der Waals surface area contributed by atoms with Crippen LogP contribution in [0.5, 0.6) is 0 Å². The van der Waals surface area contributed by atoms with E-state index < -0.39 is 11.4 Å². The van der Waals surface area contributed by atoms with Crippen LogP contribution < -0.4 is 0 Å². The Morgan fingerprint density at radius 3 is 2.27 bits per heavy atom. The normalized spacial score (nSPS) is 13.3. The largest absolute Gasteiger partial charge is 0.478 e. The van der Waals surface area contributed by atoms with Gasteiger partial charge >= 0.3 is 11.4 Å². The van der Waals surface area contributed by atoms with Gasteiger partial charge in [0.2, 0.25) is 0 Å². The van der Waals surface area contributed by atoms with Crippen molar-refractivity contribution in [3.05, 3.63) is 11.6 Å². The smallest absolute Gasteiger partial charge is 0.342 e. The zero-order chi connectivity index (χ0) is 9.07. The molecule has 0 fully saturated rings. The summed E-state index contributed by atoms with van der Waals surface area (Å²) in [6, 6.07) is 0. The lowest BCUT2D eigenvalue weighted by Gasteiger charge is -2.02. The lowest BCUT2D eigenvalue weighted by atomic mass is 10.2. The van der Waals surface area contributed by atoms with E-state index in [9.17, 15) is 13.6 Å². The minimum absolute atomic E-state index is 0.0254. The summed E-state index contributed by atoms with van der Waals surface area (Å²) in [5.41, 5.74) is -0.384. The summed E-state index contributed by atoms with van der Waals surface area (Å²) in [4.78, 5) is 10.1. The number of hydrogen-bond acceptors (Lipinski definition) is 1. The summed E-state index contributed by atoms with van der Waals surface area (Å²) in [7, 11) is 0. The van der Waals surface area contributed by atoms with Crippen molar-refractivity contribution in [3.63, 3.8) is 0 Å². The van der Waals surface area contributed by atoms with Gasteiger partial charge in [0, 0.05) is 11.6 Å². The molecule has 0 aromatic heterocycles. The molecule has 5 heteroatoms. The Kier molecular flexibility index (Phi) is 3.45. The van der Waals surface area contributed by atoms with Gasteiger partial charge in [-0.05, 0) is 18.0 Å². The highest BCUT2D eigenvalue weighted by Crippen LogP contribution is 2.22. The van der Waals surface area contributed by atoms with E-state index >= 15 is 0 Å². The molecule has 64 valence electrons. The standard InChI is InChI=1S/C6H7ClF2O2/c1-2-4(5(10)11)3-6(7,8)9/h3H,2H2,1H3,(H,10,11)/b4-3+. The zero-order valence-electron chi connectivity index (χ0n) is 5.77. The Labute approximate surface area is 67.5 Å². The number of hydrogen-bond donors (Lipinski definition) is 1. The van der Waals surface area contributed by atoms with Crippen molar-refractivity contribution < 1.29 is 18.7 Å². The van der Waals surface area contributed by atoms with Crippen molar-refractivity contribution in [1.29, 1.82) is 0 Å². The van der Waals surface area contributed by atoms with E-state index in [-0.39, 0.29) is 18.1 Å². The van der Waals surface area contributed by atoms with Crippen LogP contribution in [0.15, 0.2) is 11.6 Å². The number of rotatable bonds is 3. The number of halogens is 3. The fourth-order valence-electron chi connectivity index (χ4n) is 0.513. The molecule has 0 atom stereocenters. The molecule has 2 nitrogen and oxygen atoms in total. The Bertz CT molecular complexity index is 184. The SMILES string of the molecule is CC/C(=C\C(F)(F)Cl)C(=O)O. The zero-order valence-corrected chi connectivity index (χ0v) is 6.53. The molecule has 0 saturated heterocycles. The third kappa shape index (κ3) is 4.72. The third-order valence-electron chi connectivity index (χ3n) is 0.993. The molecule has 0 spiro atoms. The van der Waals surface area contributed by atoms with E-state index in [0.29, 0.717) is 0 Å². The topological polar surface area (TPSA) is 37.3 Å². The van der Waals surface area contributed by atoms with Gasteiger partial charge in [0.25, 0.3) is 0 Å². The first-order valence-electron chi connectivity index (χ1n) is 2.88. The van der Waals surface area contributed by atoms with Gasteiger partial charge in [-0.3, -0.25) is 0 Å². The van der Waals surface area contributed by atoms with Crippen LogP contribution in [0.1, 0.15) is 13.3 Å². The molecule has 0 bridgehead atoms. The third-order valence-corrected chi connectivity index (χ3v) is 1.10. The number of carbonyl (C=O) groups is 1. The number of alkyl halides is 3. The predicted molar refractivity (Wildman–Crippen MR) is 36.8 cm³/mol. The maximum absolute atomic E-state index is 11.9. The van der Waals surface area contributed by atoms with Gasteiger partial charge in [-0.15, -0.1) is 0 Å². The van der Waals surface area contributed by atoms with E-state index in [1.807, 2.05) is 0 Å². The van der Waals surface area contributed by atoms with Gasteiger partial charge in [0.15, 0.2) is 0 Å². The van der Waals surface area contributed by atoms with E-state index in [4.69, 9.17) is 5.11 Å². The van der Waals surface area contributed by atoms with Crippen LogP contribution in [0.3, 0.4) is 0 Å². The molecular weight excluding hydrogens is 178 g/mol. The van der Waals surface area contributed by atoms with Crippen molar-refractivity contribution in [2.24, 2.45) is 0 Å². The van der Waals surface area contributed by atoms with Crippen molar-refractivity contribution in [2.75, 3.05) is 0 Å². The molecule has 0 amide bonds. The molecular formula is C6H7ClF2O2. The van der Waals surface area contributed by atoms with Crippen LogP contribution in [-0.4, -0.2) is 16.5 Å². The summed E-state index contributed by atoms with van der Waals surface area (Å²) in [6.07, 6.45) is 0.258. The lowest BCUT2D eigenvalue weighted by Crippen LogP contribution is -2.07. The first kappa shape index (κ1) is 10.4. The second-order valence-electron chi connectivity index (χ2n) is 1.87. The Hall–Kier alpha value is -0.640. The summed E-state index contributed by atoms with van der Waals surface area (Å²) in [5, 5.41) is 4.71. The summed E-state index contributed by atoms with van der Waals surface area (Å²) in [5.74, 6) is -1.37. The molecule has 0 rings (SSSR count). The van der Waals surface area contributed by atoms with Crippen LogP contribution >= 0.6 is 11.6 Å². The molecule has 0 radical (unpaired) electrons. The number of carboxylic acid groups (broad SMARTS) is 1. The highest BCUT2D eigenvalue weighted by atomic mass is 35.5. The monoisotopic (exact) mass is 184 g/mol.